The van der Waals surface area contributed by atoms with Gasteiger partial charge in [0.25, 0.3) is 0 Å². The van der Waals surface area contributed by atoms with E-state index in [2.05, 4.69) is 5.32 Å². The molecule has 1 fully saturated rings. The SMILES string of the molecule is O=C(CCCC(=O)c1ccccc1)NCc1ccc(S(=O)(=O)N2CCCC2)cc1. The van der Waals surface area contributed by atoms with Gasteiger partial charge in [-0.15, -0.1) is 0 Å². The molecule has 2 aromatic rings. The van der Waals surface area contributed by atoms with E-state index in [1.165, 1.54) is 4.31 Å². The molecule has 1 aliphatic rings. The molecular formula is C22H26N2O4S. The van der Waals surface area contributed by atoms with Crippen LogP contribution in [0.25, 0.3) is 0 Å². The molecule has 7 heteroatoms. The molecule has 0 saturated carbocycles. The Morgan fingerprint density at radius 2 is 1.55 bits per heavy atom. The first-order chi connectivity index (χ1) is 14.0. The summed E-state index contributed by atoms with van der Waals surface area (Å²) in [5.41, 5.74) is 1.50. The zero-order valence-corrected chi connectivity index (χ0v) is 17.2. The Bertz CT molecular complexity index is 935. The fourth-order valence-electron chi connectivity index (χ4n) is 3.32. The van der Waals surface area contributed by atoms with Crippen molar-refractivity contribution in [3.05, 3.63) is 65.7 Å². The zero-order valence-electron chi connectivity index (χ0n) is 16.3. The summed E-state index contributed by atoms with van der Waals surface area (Å²) >= 11 is 0. The van der Waals surface area contributed by atoms with Gasteiger partial charge in [0, 0.05) is 38.0 Å². The second-order valence-electron chi connectivity index (χ2n) is 7.17. The fourth-order valence-corrected chi connectivity index (χ4v) is 4.84. The van der Waals surface area contributed by atoms with Gasteiger partial charge in [0.15, 0.2) is 5.78 Å². The number of ketones is 1. The Hall–Kier alpha value is -2.51. The fraction of sp³-hybridized carbons (Fsp3) is 0.364. The second kappa shape index (κ2) is 9.80. The van der Waals surface area contributed by atoms with E-state index in [0.29, 0.717) is 38.0 Å². The van der Waals surface area contributed by atoms with E-state index in [-0.39, 0.29) is 23.0 Å². The minimum atomic E-state index is -3.42. The van der Waals surface area contributed by atoms with Crippen LogP contribution in [0.3, 0.4) is 0 Å². The first-order valence-electron chi connectivity index (χ1n) is 9.91. The first kappa shape index (κ1) is 21.2. The third kappa shape index (κ3) is 5.74. The van der Waals surface area contributed by atoms with Gasteiger partial charge in [-0.1, -0.05) is 42.5 Å². The van der Waals surface area contributed by atoms with Crippen molar-refractivity contribution in [2.45, 2.75) is 43.5 Å². The van der Waals surface area contributed by atoms with Crippen molar-refractivity contribution in [2.75, 3.05) is 13.1 Å². The average molecular weight is 415 g/mol. The lowest BCUT2D eigenvalue weighted by molar-refractivity contribution is -0.121. The van der Waals surface area contributed by atoms with E-state index in [1.54, 1.807) is 36.4 Å². The third-order valence-corrected chi connectivity index (χ3v) is 6.93. The summed E-state index contributed by atoms with van der Waals surface area (Å²) in [6.45, 7) is 1.48. The standard InChI is InChI=1S/C22H26N2O4S/c25-21(19-7-2-1-3-8-19)9-6-10-22(26)23-17-18-11-13-20(14-12-18)29(27,28)24-15-4-5-16-24/h1-3,7-8,11-14H,4-6,9-10,15-17H2,(H,23,26). The topological polar surface area (TPSA) is 83.5 Å². The van der Waals surface area contributed by atoms with Gasteiger partial charge in [0.1, 0.15) is 0 Å². The van der Waals surface area contributed by atoms with Crippen molar-refractivity contribution in [3.8, 4) is 0 Å². The maximum Gasteiger partial charge on any atom is 0.243 e. The Morgan fingerprint density at radius 1 is 0.897 bits per heavy atom. The number of amides is 1. The van der Waals surface area contributed by atoms with Crippen molar-refractivity contribution >= 4 is 21.7 Å². The summed E-state index contributed by atoms with van der Waals surface area (Å²) in [6, 6.07) is 15.7. The van der Waals surface area contributed by atoms with Gasteiger partial charge >= 0.3 is 0 Å². The number of rotatable bonds is 9. The van der Waals surface area contributed by atoms with Gasteiger partial charge in [-0.2, -0.15) is 4.31 Å². The molecule has 3 rings (SSSR count). The van der Waals surface area contributed by atoms with Crippen LogP contribution in [-0.4, -0.2) is 37.5 Å². The lowest BCUT2D eigenvalue weighted by Crippen LogP contribution is -2.27. The summed E-state index contributed by atoms with van der Waals surface area (Å²) in [5.74, 6) is -0.0900. The molecule has 2 aromatic carbocycles. The van der Waals surface area contributed by atoms with Crippen LogP contribution < -0.4 is 5.32 Å². The number of nitrogens with zero attached hydrogens (tertiary/aromatic N) is 1. The highest BCUT2D eigenvalue weighted by atomic mass is 32.2. The zero-order chi connectivity index (χ0) is 20.7. The van der Waals surface area contributed by atoms with Crippen molar-refractivity contribution in [1.29, 1.82) is 0 Å². The van der Waals surface area contributed by atoms with Crippen LogP contribution in [0.2, 0.25) is 0 Å². The highest BCUT2D eigenvalue weighted by molar-refractivity contribution is 7.89. The van der Waals surface area contributed by atoms with Gasteiger partial charge < -0.3 is 5.32 Å². The molecule has 1 heterocycles. The highest BCUT2D eigenvalue weighted by Crippen LogP contribution is 2.21. The van der Waals surface area contributed by atoms with E-state index in [0.717, 1.165) is 18.4 Å². The van der Waals surface area contributed by atoms with Gasteiger partial charge in [0.2, 0.25) is 15.9 Å². The Labute approximate surface area is 172 Å². The third-order valence-electron chi connectivity index (χ3n) is 5.02. The number of hydrogen-bond donors (Lipinski definition) is 1. The molecule has 1 N–H and O–H groups in total. The lowest BCUT2D eigenvalue weighted by Gasteiger charge is -2.15. The lowest BCUT2D eigenvalue weighted by atomic mass is 10.1. The van der Waals surface area contributed by atoms with Crippen LogP contribution in [-0.2, 0) is 21.4 Å². The summed E-state index contributed by atoms with van der Waals surface area (Å²) in [4.78, 5) is 24.3. The minimum absolute atomic E-state index is 0.0354. The number of hydrogen-bond acceptors (Lipinski definition) is 4. The molecule has 29 heavy (non-hydrogen) atoms. The molecule has 0 radical (unpaired) electrons. The molecule has 0 aromatic heterocycles. The number of benzene rings is 2. The molecule has 0 atom stereocenters. The number of sulfonamides is 1. The largest absolute Gasteiger partial charge is 0.352 e. The van der Waals surface area contributed by atoms with Crippen LogP contribution in [0.1, 0.15) is 48.0 Å². The van der Waals surface area contributed by atoms with Crippen molar-refractivity contribution in [1.82, 2.24) is 9.62 Å². The van der Waals surface area contributed by atoms with Crippen LogP contribution in [0.5, 0.6) is 0 Å². The molecular weight excluding hydrogens is 388 g/mol. The summed E-state index contributed by atoms with van der Waals surface area (Å²) in [5, 5.41) is 2.82. The quantitative estimate of drug-likeness (QED) is 0.639. The van der Waals surface area contributed by atoms with E-state index in [1.807, 2.05) is 18.2 Å². The summed E-state index contributed by atoms with van der Waals surface area (Å²) in [6.07, 6.45) is 2.91. The molecule has 0 spiro atoms. The normalized spacial score (nSPS) is 14.6. The first-order valence-corrected chi connectivity index (χ1v) is 11.3. The van der Waals surface area contributed by atoms with Gasteiger partial charge in [0.05, 0.1) is 4.90 Å². The maximum atomic E-state index is 12.5. The maximum absolute atomic E-state index is 12.5. The van der Waals surface area contributed by atoms with E-state index >= 15 is 0 Å². The predicted octanol–water partition coefficient (Wildman–Crippen LogP) is 3.14. The molecule has 0 bridgehead atoms. The van der Waals surface area contributed by atoms with Crippen LogP contribution in [0, 0.1) is 0 Å². The van der Waals surface area contributed by atoms with Gasteiger partial charge in [-0.3, -0.25) is 9.59 Å². The van der Waals surface area contributed by atoms with Crippen LogP contribution in [0.4, 0.5) is 0 Å². The second-order valence-corrected chi connectivity index (χ2v) is 9.11. The summed E-state index contributed by atoms with van der Waals surface area (Å²) in [7, 11) is -3.42. The van der Waals surface area contributed by atoms with E-state index < -0.39 is 10.0 Å². The molecule has 154 valence electrons. The van der Waals surface area contributed by atoms with Gasteiger partial charge in [-0.05, 0) is 37.0 Å². The van der Waals surface area contributed by atoms with Crippen molar-refractivity contribution in [3.63, 3.8) is 0 Å². The molecule has 0 unspecified atom stereocenters. The Balaban J connectivity index is 1.42. The van der Waals surface area contributed by atoms with E-state index in [9.17, 15) is 18.0 Å². The average Bonchev–Trinajstić information content (AvgIpc) is 3.29. The Morgan fingerprint density at radius 3 is 2.21 bits per heavy atom. The molecule has 1 saturated heterocycles. The van der Waals surface area contributed by atoms with Crippen molar-refractivity contribution in [2.24, 2.45) is 0 Å². The van der Waals surface area contributed by atoms with E-state index in [4.69, 9.17) is 0 Å². The van der Waals surface area contributed by atoms with Crippen molar-refractivity contribution < 1.29 is 18.0 Å². The van der Waals surface area contributed by atoms with Gasteiger partial charge in [-0.25, -0.2) is 8.42 Å². The highest BCUT2D eigenvalue weighted by Gasteiger charge is 2.26. The molecule has 1 aliphatic heterocycles. The van der Waals surface area contributed by atoms with Crippen LogP contribution in [0.15, 0.2) is 59.5 Å². The molecule has 6 nitrogen and oxygen atoms in total. The summed E-state index contributed by atoms with van der Waals surface area (Å²) < 4.78 is 26.5. The molecule has 0 aliphatic carbocycles. The predicted molar refractivity (Wildman–Crippen MR) is 111 cm³/mol. The number of carbonyl (C=O) groups excluding carboxylic acids is 2. The smallest absolute Gasteiger partial charge is 0.243 e. The number of Topliss-reactive ketones (excluding diaryl/α,β-unsaturated/α-hetero) is 1. The molecule has 1 amide bonds. The Kier molecular flexibility index (Phi) is 7.17. The minimum Gasteiger partial charge on any atom is -0.352 e. The number of carbonyl (C=O) groups is 2. The monoisotopic (exact) mass is 414 g/mol. The van der Waals surface area contributed by atoms with Crippen LogP contribution >= 0.6 is 0 Å². The number of nitrogens with one attached hydrogen (secondary N) is 1.